The summed E-state index contributed by atoms with van der Waals surface area (Å²) in [5, 5.41) is 12.2. The van der Waals surface area contributed by atoms with Crippen molar-refractivity contribution in [1.82, 2.24) is 20.2 Å². The molecule has 6 heteroatoms. The molecule has 2 heterocycles. The van der Waals surface area contributed by atoms with Crippen LogP contribution >= 0.6 is 0 Å². The third-order valence-electron chi connectivity index (χ3n) is 3.93. The molecule has 0 spiro atoms. The molecule has 0 radical (unpaired) electrons. The van der Waals surface area contributed by atoms with Gasteiger partial charge in [0, 0.05) is 63.3 Å². The molecule has 1 fully saturated rings. The number of hydrogen-bond donors (Lipinski definition) is 2. The first-order valence-electron chi connectivity index (χ1n) is 7.77. The van der Waals surface area contributed by atoms with Gasteiger partial charge in [0.05, 0.1) is 0 Å². The minimum absolute atomic E-state index is 0.259. The quantitative estimate of drug-likeness (QED) is 0.762. The predicted octanol–water partition coefficient (Wildman–Crippen LogP) is 0.479. The van der Waals surface area contributed by atoms with E-state index >= 15 is 0 Å². The van der Waals surface area contributed by atoms with Crippen LogP contribution < -0.4 is 10.2 Å². The van der Waals surface area contributed by atoms with E-state index < -0.39 is 0 Å². The molecule has 1 aromatic rings. The summed E-state index contributed by atoms with van der Waals surface area (Å²) in [7, 11) is 2.14. The minimum Gasteiger partial charge on any atom is -0.396 e. The Hall–Kier alpha value is -1.24. The summed E-state index contributed by atoms with van der Waals surface area (Å²) >= 11 is 0. The minimum atomic E-state index is 0.259. The first kappa shape index (κ1) is 16.1. The fourth-order valence-corrected chi connectivity index (χ4v) is 2.40. The molecule has 1 atom stereocenters. The molecule has 21 heavy (non-hydrogen) atoms. The van der Waals surface area contributed by atoms with Crippen LogP contribution in [0.3, 0.4) is 0 Å². The Morgan fingerprint density at radius 1 is 1.24 bits per heavy atom. The normalized spacial score (nSPS) is 18.0. The highest BCUT2D eigenvalue weighted by Crippen LogP contribution is 2.10. The predicted molar refractivity (Wildman–Crippen MR) is 84.4 cm³/mol. The lowest BCUT2D eigenvalue weighted by atomic mass is 10.2. The molecule has 118 valence electrons. The van der Waals surface area contributed by atoms with Crippen molar-refractivity contribution in [3.63, 3.8) is 0 Å². The maximum atomic E-state index is 8.82. The average molecular weight is 293 g/mol. The Morgan fingerprint density at radius 3 is 2.52 bits per heavy atom. The second kappa shape index (κ2) is 8.26. The van der Waals surface area contributed by atoms with E-state index in [-0.39, 0.29) is 6.61 Å². The number of piperazine rings is 1. The van der Waals surface area contributed by atoms with E-state index in [4.69, 9.17) is 5.11 Å². The van der Waals surface area contributed by atoms with Crippen LogP contribution in [-0.4, -0.2) is 65.8 Å². The van der Waals surface area contributed by atoms with Crippen molar-refractivity contribution in [2.75, 3.05) is 44.7 Å². The van der Waals surface area contributed by atoms with Crippen LogP contribution in [0.4, 0.5) is 5.95 Å². The highest BCUT2D eigenvalue weighted by Gasteiger charge is 2.16. The van der Waals surface area contributed by atoms with Gasteiger partial charge in [-0.15, -0.1) is 0 Å². The fourth-order valence-electron chi connectivity index (χ4n) is 2.40. The number of nitrogens with one attached hydrogen (secondary N) is 1. The Morgan fingerprint density at radius 2 is 1.90 bits per heavy atom. The van der Waals surface area contributed by atoms with E-state index in [2.05, 4.69) is 39.1 Å². The number of aromatic nitrogens is 2. The van der Waals surface area contributed by atoms with Gasteiger partial charge in [0.1, 0.15) is 0 Å². The lowest BCUT2D eigenvalue weighted by Gasteiger charge is -2.32. The molecular weight excluding hydrogens is 266 g/mol. The summed E-state index contributed by atoms with van der Waals surface area (Å²) in [6, 6.07) is 0.398. The van der Waals surface area contributed by atoms with Gasteiger partial charge >= 0.3 is 0 Å². The Balaban J connectivity index is 1.79. The van der Waals surface area contributed by atoms with Crippen molar-refractivity contribution >= 4 is 5.95 Å². The SMILES string of the molecule is CC(CCCO)NCc1cnc(N2CCN(C)CC2)nc1. The smallest absolute Gasteiger partial charge is 0.225 e. The molecule has 0 bridgehead atoms. The summed E-state index contributed by atoms with van der Waals surface area (Å²) in [6.45, 7) is 7.28. The second-order valence-electron chi connectivity index (χ2n) is 5.83. The van der Waals surface area contributed by atoms with Gasteiger partial charge in [-0.05, 0) is 26.8 Å². The number of likely N-dealkylation sites (N-methyl/N-ethyl adjacent to an activating group) is 1. The first-order chi connectivity index (χ1) is 10.2. The fraction of sp³-hybridized carbons (Fsp3) is 0.733. The molecule has 1 unspecified atom stereocenters. The van der Waals surface area contributed by atoms with E-state index in [0.29, 0.717) is 6.04 Å². The summed E-state index contributed by atoms with van der Waals surface area (Å²) < 4.78 is 0. The van der Waals surface area contributed by atoms with Crippen molar-refractivity contribution in [1.29, 1.82) is 0 Å². The highest BCUT2D eigenvalue weighted by molar-refractivity contribution is 5.30. The van der Waals surface area contributed by atoms with Crippen LogP contribution in [0.15, 0.2) is 12.4 Å². The Labute approximate surface area is 127 Å². The summed E-state index contributed by atoms with van der Waals surface area (Å²) in [5.41, 5.74) is 1.10. The van der Waals surface area contributed by atoms with Crippen molar-refractivity contribution in [3.05, 3.63) is 18.0 Å². The lowest BCUT2D eigenvalue weighted by molar-refractivity contribution is 0.276. The van der Waals surface area contributed by atoms with Gasteiger partial charge in [-0.3, -0.25) is 0 Å². The van der Waals surface area contributed by atoms with Crippen LogP contribution in [0.5, 0.6) is 0 Å². The zero-order chi connectivity index (χ0) is 15.1. The van der Waals surface area contributed by atoms with E-state index in [9.17, 15) is 0 Å². The van der Waals surface area contributed by atoms with Crippen LogP contribution in [0, 0.1) is 0 Å². The largest absolute Gasteiger partial charge is 0.396 e. The van der Waals surface area contributed by atoms with Crippen molar-refractivity contribution in [2.24, 2.45) is 0 Å². The maximum absolute atomic E-state index is 8.82. The summed E-state index contributed by atoms with van der Waals surface area (Å²) in [5.74, 6) is 0.833. The summed E-state index contributed by atoms with van der Waals surface area (Å²) in [4.78, 5) is 13.5. The number of anilines is 1. The topological polar surface area (TPSA) is 64.5 Å². The van der Waals surface area contributed by atoms with Gasteiger partial charge in [0.15, 0.2) is 0 Å². The number of hydrogen-bond acceptors (Lipinski definition) is 6. The Kier molecular flexibility index (Phi) is 6.35. The van der Waals surface area contributed by atoms with Gasteiger partial charge in [0.25, 0.3) is 0 Å². The molecule has 1 aromatic heterocycles. The molecule has 1 aliphatic rings. The number of aliphatic hydroxyl groups excluding tert-OH is 1. The van der Waals surface area contributed by atoms with Gasteiger partial charge in [0.2, 0.25) is 5.95 Å². The molecule has 0 amide bonds. The van der Waals surface area contributed by atoms with Crippen LogP contribution in [0.1, 0.15) is 25.3 Å². The van der Waals surface area contributed by atoms with Crippen LogP contribution in [-0.2, 0) is 6.54 Å². The standard InChI is InChI=1S/C15H27N5O/c1-13(4-3-9-21)16-10-14-11-17-15(18-12-14)20-7-5-19(2)6-8-20/h11-13,16,21H,3-10H2,1-2H3. The molecule has 2 N–H and O–H groups in total. The van der Waals surface area contributed by atoms with E-state index in [1.54, 1.807) is 0 Å². The van der Waals surface area contributed by atoms with Gasteiger partial charge in [-0.2, -0.15) is 0 Å². The third kappa shape index (κ3) is 5.22. The summed E-state index contributed by atoms with van der Waals surface area (Å²) in [6.07, 6.45) is 5.64. The van der Waals surface area contributed by atoms with Gasteiger partial charge in [-0.25, -0.2) is 9.97 Å². The molecular formula is C15H27N5O. The molecule has 0 aliphatic carbocycles. The zero-order valence-corrected chi connectivity index (χ0v) is 13.1. The molecule has 0 saturated carbocycles. The van der Waals surface area contributed by atoms with E-state index in [1.165, 1.54) is 0 Å². The van der Waals surface area contributed by atoms with E-state index in [0.717, 1.165) is 57.1 Å². The molecule has 0 aromatic carbocycles. The van der Waals surface area contributed by atoms with Gasteiger partial charge < -0.3 is 20.2 Å². The lowest BCUT2D eigenvalue weighted by Crippen LogP contribution is -2.45. The first-order valence-corrected chi connectivity index (χ1v) is 7.77. The number of nitrogens with zero attached hydrogens (tertiary/aromatic N) is 4. The molecule has 1 aliphatic heterocycles. The van der Waals surface area contributed by atoms with Crippen molar-refractivity contribution in [3.8, 4) is 0 Å². The molecule has 6 nitrogen and oxygen atoms in total. The zero-order valence-electron chi connectivity index (χ0n) is 13.1. The van der Waals surface area contributed by atoms with Crippen molar-refractivity contribution < 1.29 is 5.11 Å². The monoisotopic (exact) mass is 293 g/mol. The van der Waals surface area contributed by atoms with E-state index in [1.807, 2.05) is 12.4 Å². The van der Waals surface area contributed by atoms with Crippen LogP contribution in [0.2, 0.25) is 0 Å². The molecule has 2 rings (SSSR count). The van der Waals surface area contributed by atoms with Gasteiger partial charge in [-0.1, -0.05) is 0 Å². The highest BCUT2D eigenvalue weighted by atomic mass is 16.2. The maximum Gasteiger partial charge on any atom is 0.225 e. The third-order valence-corrected chi connectivity index (χ3v) is 3.93. The number of aliphatic hydroxyl groups is 1. The second-order valence-corrected chi connectivity index (χ2v) is 5.83. The number of rotatable bonds is 7. The van der Waals surface area contributed by atoms with Crippen LogP contribution in [0.25, 0.3) is 0 Å². The average Bonchev–Trinajstić information content (AvgIpc) is 2.52. The molecule has 1 saturated heterocycles. The Bertz CT molecular complexity index is 403. The van der Waals surface area contributed by atoms with Crippen molar-refractivity contribution in [2.45, 2.75) is 32.4 Å².